The van der Waals surface area contributed by atoms with E-state index < -0.39 is 120 Å². The zero-order valence-electron chi connectivity index (χ0n) is 52.0. The third kappa shape index (κ3) is 14.7. The molecule has 490 valence electrons. The van der Waals surface area contributed by atoms with Gasteiger partial charge in [-0.25, -0.2) is 9.59 Å². The topological polar surface area (TPSA) is 395 Å². The fourth-order valence-electron chi connectivity index (χ4n) is 10.6. The summed E-state index contributed by atoms with van der Waals surface area (Å²) in [5, 5.41) is 39.7. The maximum atomic E-state index is 15.8. The molecule has 9 atom stereocenters. The highest BCUT2D eigenvalue weighted by atomic mass is 35.5. The molecular formula is C63H72ClN9O19. The summed E-state index contributed by atoms with van der Waals surface area (Å²) in [6.07, 6.45) is -5.88. The number of rotatable bonds is 12. The number of carbonyl (C=O) groups excluding carboxylic acids is 9. The highest BCUT2D eigenvalue weighted by Gasteiger charge is 2.43. The molecule has 5 aliphatic heterocycles. The molecule has 12 N–H and O–H groups in total. The predicted octanol–water partition coefficient (Wildman–Crippen LogP) is 4.27. The monoisotopic (exact) mass is 1290 g/mol. The average Bonchev–Trinajstić information content (AvgIpc) is 0.809. The van der Waals surface area contributed by atoms with Crippen molar-refractivity contribution in [3.8, 4) is 57.1 Å². The first kappa shape index (κ1) is 67.9. The van der Waals surface area contributed by atoms with Crippen molar-refractivity contribution in [1.29, 1.82) is 0 Å². The number of fused-ring (bicyclic) bond motifs is 15. The minimum atomic E-state index is -2.09. The lowest BCUT2D eigenvalue weighted by molar-refractivity contribution is -0.146. The molecule has 0 spiro atoms. The Morgan fingerprint density at radius 2 is 1.28 bits per heavy atom. The number of nitrogens with zero attached hydrogens (tertiary/aromatic N) is 1. The Kier molecular flexibility index (Phi) is 20.6. The van der Waals surface area contributed by atoms with Gasteiger partial charge in [-0.05, 0) is 110 Å². The lowest BCUT2D eigenvalue weighted by Gasteiger charge is -2.33. The second kappa shape index (κ2) is 28.0. The molecule has 29 heteroatoms. The molecule has 5 aromatic carbocycles. The van der Waals surface area contributed by atoms with Crippen LogP contribution in [0.25, 0.3) is 11.1 Å². The van der Waals surface area contributed by atoms with Crippen molar-refractivity contribution >= 4 is 70.7 Å². The van der Waals surface area contributed by atoms with Crippen LogP contribution in [-0.2, 0) is 47.8 Å². The summed E-state index contributed by atoms with van der Waals surface area (Å²) < 4.78 is 46.9. The molecule has 10 rings (SSSR count). The van der Waals surface area contributed by atoms with Gasteiger partial charge in [0.1, 0.15) is 77.1 Å². The number of nitrogen functional groups attached to an aromatic ring is 1. The highest BCUT2D eigenvalue weighted by molar-refractivity contribution is 6.32. The molecule has 5 aliphatic rings. The number of likely N-dealkylation sites (N-methyl/N-ethyl adjacent to an activating group) is 1. The number of benzene rings is 5. The molecule has 0 saturated carbocycles. The molecular weight excluding hydrogens is 1220 g/mol. The molecule has 0 fully saturated rings. The number of hydrogen-bond donors (Lipinski definition) is 10. The van der Waals surface area contributed by atoms with Crippen LogP contribution in [0.4, 0.5) is 10.5 Å². The maximum Gasteiger partial charge on any atom is 0.410 e. The van der Waals surface area contributed by atoms with E-state index in [1.54, 1.807) is 34.6 Å². The van der Waals surface area contributed by atoms with E-state index in [2.05, 4.69) is 31.9 Å². The first-order chi connectivity index (χ1) is 43.5. The summed E-state index contributed by atoms with van der Waals surface area (Å²) in [5.74, 6) is -10.3. The lowest BCUT2D eigenvalue weighted by Crippen LogP contribution is -2.59. The fraction of sp³-hybridized carbons (Fsp3) is 0.381. The number of anilines is 1. The van der Waals surface area contributed by atoms with Crippen LogP contribution in [0.3, 0.4) is 0 Å². The summed E-state index contributed by atoms with van der Waals surface area (Å²) >= 11 is 6.95. The number of hydrogen-bond acceptors (Lipinski definition) is 20. The lowest BCUT2D eigenvalue weighted by atomic mass is 9.89. The Balaban J connectivity index is 1.37. The van der Waals surface area contributed by atoms with Crippen LogP contribution in [0, 0.1) is 5.92 Å². The van der Waals surface area contributed by atoms with Gasteiger partial charge in [-0.3, -0.25) is 38.5 Å². The smallest absolute Gasteiger partial charge is 0.410 e. The van der Waals surface area contributed by atoms with Crippen LogP contribution in [0.15, 0.2) is 78.9 Å². The normalized spacial score (nSPS) is 21.0. The van der Waals surface area contributed by atoms with E-state index in [4.69, 9.17) is 61.0 Å². The van der Waals surface area contributed by atoms with Gasteiger partial charge in [0.05, 0.1) is 52.7 Å². The number of esters is 1. The molecule has 0 saturated heterocycles. The Morgan fingerprint density at radius 3 is 1.87 bits per heavy atom. The van der Waals surface area contributed by atoms with E-state index in [1.165, 1.54) is 114 Å². The fourth-order valence-corrected chi connectivity index (χ4v) is 10.9. The van der Waals surface area contributed by atoms with Gasteiger partial charge in [-0.2, -0.15) is 0 Å². The Bertz CT molecular complexity index is 3750. The molecule has 0 unspecified atom stereocenters. The van der Waals surface area contributed by atoms with Crippen LogP contribution < -0.4 is 71.8 Å². The molecule has 28 nitrogen and oxygen atoms in total. The SMILES string of the molecule is COC(=O)[C@H]1NC(=O)[C@H]2NC(=O)[C@H](NC(=O)[C@@H]3NC(=O)[C@H](CC(N)=O)NC(=O)[C@H](NC(=O)[C@@H](CC(C)C)N(C)C(=O)OC(C)(C)C)[C@H](O)c4ccc(c(N)c4)Oc4cc3cc(c4OC)Oc3ccc(cc3Cl)[C@H]2O)c2ccc(OC)c(c2)-c2c(OC)cc(OC)cc21. The van der Waals surface area contributed by atoms with Crippen molar-refractivity contribution in [2.24, 2.45) is 11.7 Å². The molecule has 92 heavy (non-hydrogen) atoms. The van der Waals surface area contributed by atoms with Gasteiger partial charge >= 0.3 is 12.1 Å². The van der Waals surface area contributed by atoms with Crippen LogP contribution in [0.1, 0.15) is 106 Å². The standard InChI is InChI=1S/C63H72ClN9O19/c1-27(2)18-38(73(6)62(84)92-63(3,4)5)56(78)71-50-53(76)30-14-17-41(36(65)21-30)91-44-23-31-22-43(54(44)88-10)90-40-16-13-29(20-35(40)64)52(75)51-60(82)70-49(61(83)89-11)34-24-32(85-7)25-42(87-9)46(34)33-19-28(12-15-39(33)86-8)47(57(79)72-51)69-58(80)48(31)68-55(77)37(26-45(66)74)67-59(50)81/h12-17,19-25,27,37-38,47-53,75-76H,18,26,65H2,1-11H3,(H2,66,74)(H,67,81)(H,68,77)(H,69,80)(H,70,82)(H,71,78)(H,72,79)/t37-,38+,47+,48+,49-,50+,51-,52+,53+/m0/s1. The van der Waals surface area contributed by atoms with Gasteiger partial charge in [-0.1, -0.05) is 43.6 Å². The molecule has 0 aliphatic carbocycles. The number of halogens is 1. The molecule has 5 aromatic rings. The van der Waals surface area contributed by atoms with E-state index in [1.807, 2.05) is 0 Å². The van der Waals surface area contributed by atoms with Crippen molar-refractivity contribution in [3.63, 3.8) is 0 Å². The summed E-state index contributed by atoms with van der Waals surface area (Å²) in [7, 11) is 7.63. The second-order valence-corrected chi connectivity index (χ2v) is 23.6. The van der Waals surface area contributed by atoms with Gasteiger partial charge in [0, 0.05) is 29.8 Å². The van der Waals surface area contributed by atoms with Crippen LogP contribution >= 0.6 is 11.6 Å². The highest BCUT2D eigenvalue weighted by Crippen LogP contribution is 2.48. The van der Waals surface area contributed by atoms with Crippen molar-refractivity contribution in [3.05, 3.63) is 112 Å². The molecule has 11 bridgehead atoms. The zero-order valence-corrected chi connectivity index (χ0v) is 52.8. The number of primary amides is 1. The third-order valence-corrected chi connectivity index (χ3v) is 15.5. The Labute approximate surface area is 533 Å². The molecule has 8 amide bonds. The number of aliphatic hydroxyl groups excluding tert-OH is 2. The van der Waals surface area contributed by atoms with Crippen molar-refractivity contribution in [2.75, 3.05) is 48.3 Å². The largest absolute Gasteiger partial charge is 0.497 e. The van der Waals surface area contributed by atoms with E-state index in [0.29, 0.717) is 0 Å². The number of nitrogens with one attached hydrogen (secondary N) is 6. The quantitative estimate of drug-likeness (QED) is 0.0615. The number of carbonyl (C=O) groups is 9. The van der Waals surface area contributed by atoms with Gasteiger partial charge in [0.25, 0.3) is 0 Å². The van der Waals surface area contributed by atoms with Crippen molar-refractivity contribution in [1.82, 2.24) is 36.8 Å². The van der Waals surface area contributed by atoms with Crippen molar-refractivity contribution in [2.45, 2.75) is 108 Å². The van der Waals surface area contributed by atoms with Crippen LogP contribution in [0.2, 0.25) is 5.02 Å². The number of amides is 8. The van der Waals surface area contributed by atoms with Crippen LogP contribution in [-0.4, -0.2) is 141 Å². The second-order valence-electron chi connectivity index (χ2n) is 23.2. The summed E-state index contributed by atoms with van der Waals surface area (Å²) in [6, 6.07) is 4.06. The molecule has 0 aromatic heterocycles. The van der Waals surface area contributed by atoms with Gasteiger partial charge in [0.15, 0.2) is 23.3 Å². The zero-order chi connectivity index (χ0) is 67.4. The predicted molar refractivity (Wildman–Crippen MR) is 328 cm³/mol. The number of aliphatic hydroxyl groups is 2. The van der Waals surface area contributed by atoms with E-state index in [0.717, 1.165) is 12.0 Å². The van der Waals surface area contributed by atoms with Gasteiger partial charge in [-0.15, -0.1) is 0 Å². The third-order valence-electron chi connectivity index (χ3n) is 15.2. The van der Waals surface area contributed by atoms with Gasteiger partial charge < -0.3 is 91.5 Å². The van der Waals surface area contributed by atoms with Gasteiger partial charge in [0.2, 0.25) is 47.1 Å². The molecule has 0 radical (unpaired) electrons. The summed E-state index contributed by atoms with van der Waals surface area (Å²) in [4.78, 5) is 133. The summed E-state index contributed by atoms with van der Waals surface area (Å²) in [5.41, 5.74) is 11.0. The Morgan fingerprint density at radius 1 is 0.674 bits per heavy atom. The minimum absolute atomic E-state index is 0.00555. The number of nitrogens with two attached hydrogens (primary N) is 2. The van der Waals surface area contributed by atoms with E-state index in [-0.39, 0.29) is 108 Å². The minimum Gasteiger partial charge on any atom is -0.497 e. The average molecular weight is 1290 g/mol. The first-order valence-corrected chi connectivity index (χ1v) is 29.1. The number of ether oxygens (including phenoxy) is 8. The summed E-state index contributed by atoms with van der Waals surface area (Å²) in [6.45, 7) is 8.44. The first-order valence-electron chi connectivity index (χ1n) is 28.7. The van der Waals surface area contributed by atoms with E-state index >= 15 is 19.2 Å². The molecule has 5 heterocycles. The van der Waals surface area contributed by atoms with Crippen molar-refractivity contribution < 1.29 is 91.3 Å². The maximum absolute atomic E-state index is 15.8. The van der Waals surface area contributed by atoms with Crippen LogP contribution in [0.5, 0.6) is 46.0 Å². The number of methoxy groups -OCH3 is 5. The Hall–Kier alpha value is -10.1. The van der Waals surface area contributed by atoms with E-state index in [9.17, 15) is 34.2 Å².